The van der Waals surface area contributed by atoms with E-state index in [0.717, 1.165) is 18.4 Å². The maximum Gasteiger partial charge on any atom is 0.141 e. The molecule has 0 aromatic carbocycles. The van der Waals surface area contributed by atoms with Gasteiger partial charge >= 0.3 is 0 Å². The van der Waals surface area contributed by atoms with Crippen molar-refractivity contribution in [2.24, 2.45) is 11.7 Å². The maximum atomic E-state index is 13.0. The van der Waals surface area contributed by atoms with Gasteiger partial charge in [-0.15, -0.1) is 0 Å². The van der Waals surface area contributed by atoms with E-state index in [1.165, 1.54) is 31.5 Å². The summed E-state index contributed by atoms with van der Waals surface area (Å²) < 4.78 is 13.0. The van der Waals surface area contributed by atoms with Crippen LogP contribution in [0.2, 0.25) is 0 Å². The van der Waals surface area contributed by atoms with Gasteiger partial charge in [0.05, 0.1) is 6.20 Å². The van der Waals surface area contributed by atoms with Crippen molar-refractivity contribution in [3.63, 3.8) is 0 Å². The molecule has 2 rings (SSSR count). The minimum atomic E-state index is -0.293. The standard InChI is InChI=1S/C12H17FN2/c13-11-6-10(7-15-8-11)12(14)9-4-2-1-3-5-9/h6-9,12H,1-5,14H2. The lowest BCUT2D eigenvalue weighted by molar-refractivity contribution is 0.307. The molecule has 0 radical (unpaired) electrons. The van der Waals surface area contributed by atoms with Crippen LogP contribution >= 0.6 is 0 Å². The summed E-state index contributed by atoms with van der Waals surface area (Å²) >= 11 is 0. The van der Waals surface area contributed by atoms with Crippen LogP contribution in [0.3, 0.4) is 0 Å². The van der Waals surface area contributed by atoms with E-state index in [1.807, 2.05) is 0 Å². The second kappa shape index (κ2) is 4.71. The van der Waals surface area contributed by atoms with Crippen LogP contribution in [-0.4, -0.2) is 4.98 Å². The fourth-order valence-electron chi connectivity index (χ4n) is 2.38. The lowest BCUT2D eigenvalue weighted by Gasteiger charge is -2.27. The molecule has 1 aromatic rings. The molecular weight excluding hydrogens is 191 g/mol. The first-order valence-corrected chi connectivity index (χ1v) is 5.63. The molecule has 15 heavy (non-hydrogen) atoms. The quantitative estimate of drug-likeness (QED) is 0.811. The molecule has 3 heteroatoms. The fourth-order valence-corrected chi connectivity index (χ4v) is 2.38. The summed E-state index contributed by atoms with van der Waals surface area (Å²) in [6.07, 6.45) is 9.04. The molecular formula is C12H17FN2. The highest BCUT2D eigenvalue weighted by Crippen LogP contribution is 2.32. The molecule has 0 saturated heterocycles. The van der Waals surface area contributed by atoms with E-state index in [-0.39, 0.29) is 11.9 Å². The first-order valence-electron chi connectivity index (χ1n) is 5.63. The number of rotatable bonds is 2. The molecule has 1 aliphatic rings. The first kappa shape index (κ1) is 10.6. The van der Waals surface area contributed by atoms with E-state index < -0.39 is 0 Å². The smallest absolute Gasteiger partial charge is 0.141 e. The van der Waals surface area contributed by atoms with E-state index in [4.69, 9.17) is 5.73 Å². The van der Waals surface area contributed by atoms with Crippen LogP contribution in [0.5, 0.6) is 0 Å². The Hall–Kier alpha value is -0.960. The van der Waals surface area contributed by atoms with Crippen LogP contribution in [0.4, 0.5) is 4.39 Å². The third kappa shape index (κ3) is 2.53. The zero-order valence-electron chi connectivity index (χ0n) is 8.82. The Balaban J connectivity index is 2.08. The summed E-state index contributed by atoms with van der Waals surface area (Å²) in [6.45, 7) is 0. The highest BCUT2D eigenvalue weighted by atomic mass is 19.1. The maximum absolute atomic E-state index is 13.0. The molecule has 1 fully saturated rings. The van der Waals surface area contributed by atoms with Crippen molar-refractivity contribution in [2.45, 2.75) is 38.1 Å². The molecule has 1 aliphatic carbocycles. The number of nitrogens with zero attached hydrogens (tertiary/aromatic N) is 1. The Kier molecular flexibility index (Phi) is 3.31. The van der Waals surface area contributed by atoms with Gasteiger partial charge in [-0.1, -0.05) is 19.3 Å². The third-order valence-corrected chi connectivity index (χ3v) is 3.27. The predicted molar refractivity (Wildman–Crippen MR) is 57.7 cm³/mol. The lowest BCUT2D eigenvalue weighted by Crippen LogP contribution is -2.23. The van der Waals surface area contributed by atoms with Gasteiger partial charge in [0, 0.05) is 12.2 Å². The fraction of sp³-hybridized carbons (Fsp3) is 0.583. The summed E-state index contributed by atoms with van der Waals surface area (Å²) in [7, 11) is 0. The van der Waals surface area contributed by atoms with Crippen LogP contribution in [0.25, 0.3) is 0 Å². The van der Waals surface area contributed by atoms with E-state index >= 15 is 0 Å². The molecule has 0 aliphatic heterocycles. The molecule has 0 bridgehead atoms. The highest BCUT2D eigenvalue weighted by molar-refractivity contribution is 5.15. The summed E-state index contributed by atoms with van der Waals surface area (Å²) in [5, 5.41) is 0. The molecule has 1 saturated carbocycles. The molecule has 82 valence electrons. The molecule has 1 atom stereocenters. The van der Waals surface area contributed by atoms with Crippen molar-refractivity contribution in [1.82, 2.24) is 4.98 Å². The SMILES string of the molecule is NC(c1cncc(F)c1)C1CCCCC1. The van der Waals surface area contributed by atoms with E-state index in [9.17, 15) is 4.39 Å². The molecule has 2 N–H and O–H groups in total. The predicted octanol–water partition coefficient (Wildman–Crippen LogP) is 2.80. The minimum absolute atomic E-state index is 0.0477. The Morgan fingerprint density at radius 2 is 2.00 bits per heavy atom. The van der Waals surface area contributed by atoms with Gasteiger partial charge in [-0.2, -0.15) is 0 Å². The Morgan fingerprint density at radius 3 is 2.67 bits per heavy atom. The molecule has 0 spiro atoms. The minimum Gasteiger partial charge on any atom is -0.324 e. The third-order valence-electron chi connectivity index (χ3n) is 3.27. The average molecular weight is 208 g/mol. The van der Waals surface area contributed by atoms with E-state index in [1.54, 1.807) is 6.20 Å². The Morgan fingerprint density at radius 1 is 1.27 bits per heavy atom. The monoisotopic (exact) mass is 208 g/mol. The van der Waals surface area contributed by atoms with Gasteiger partial charge in [-0.05, 0) is 30.4 Å². The van der Waals surface area contributed by atoms with E-state index in [0.29, 0.717) is 5.92 Å². The number of halogens is 1. The van der Waals surface area contributed by atoms with Gasteiger partial charge in [0.25, 0.3) is 0 Å². The normalized spacial score (nSPS) is 20.1. The molecule has 2 nitrogen and oxygen atoms in total. The number of hydrogen-bond donors (Lipinski definition) is 1. The van der Waals surface area contributed by atoms with Crippen molar-refractivity contribution in [1.29, 1.82) is 0 Å². The van der Waals surface area contributed by atoms with Crippen molar-refractivity contribution >= 4 is 0 Å². The van der Waals surface area contributed by atoms with Gasteiger partial charge in [0.2, 0.25) is 0 Å². The van der Waals surface area contributed by atoms with Gasteiger partial charge in [-0.25, -0.2) is 4.39 Å². The van der Waals surface area contributed by atoms with Gasteiger partial charge < -0.3 is 5.73 Å². The van der Waals surface area contributed by atoms with Crippen LogP contribution < -0.4 is 5.73 Å². The summed E-state index contributed by atoms with van der Waals surface area (Å²) in [4.78, 5) is 3.85. The highest BCUT2D eigenvalue weighted by Gasteiger charge is 2.22. The van der Waals surface area contributed by atoms with Crippen LogP contribution in [0.15, 0.2) is 18.5 Å². The lowest BCUT2D eigenvalue weighted by atomic mass is 9.82. The zero-order valence-corrected chi connectivity index (χ0v) is 8.82. The van der Waals surface area contributed by atoms with Gasteiger partial charge in [0.1, 0.15) is 5.82 Å². The second-order valence-electron chi connectivity index (χ2n) is 4.36. The summed E-state index contributed by atoms with van der Waals surface area (Å²) in [5.74, 6) is 0.209. The Labute approximate surface area is 89.7 Å². The number of hydrogen-bond acceptors (Lipinski definition) is 2. The Bertz CT molecular complexity index is 321. The van der Waals surface area contributed by atoms with Crippen LogP contribution in [0, 0.1) is 11.7 Å². The zero-order chi connectivity index (χ0) is 10.7. The summed E-state index contributed by atoms with van der Waals surface area (Å²) in [6, 6.07) is 1.46. The number of aromatic nitrogens is 1. The van der Waals surface area contributed by atoms with Crippen LogP contribution in [0.1, 0.15) is 43.7 Å². The van der Waals surface area contributed by atoms with Crippen molar-refractivity contribution in [3.8, 4) is 0 Å². The van der Waals surface area contributed by atoms with Crippen molar-refractivity contribution in [2.75, 3.05) is 0 Å². The average Bonchev–Trinajstić information content (AvgIpc) is 2.29. The second-order valence-corrected chi connectivity index (χ2v) is 4.36. The number of pyridine rings is 1. The molecule has 1 unspecified atom stereocenters. The molecule has 1 heterocycles. The number of nitrogens with two attached hydrogens (primary N) is 1. The first-order chi connectivity index (χ1) is 7.27. The molecule has 0 amide bonds. The summed E-state index contributed by atoms with van der Waals surface area (Å²) in [5.41, 5.74) is 6.97. The van der Waals surface area contributed by atoms with Crippen molar-refractivity contribution in [3.05, 3.63) is 29.8 Å². The topological polar surface area (TPSA) is 38.9 Å². The van der Waals surface area contributed by atoms with Gasteiger partial charge in [0.15, 0.2) is 0 Å². The van der Waals surface area contributed by atoms with Gasteiger partial charge in [-0.3, -0.25) is 4.98 Å². The van der Waals surface area contributed by atoms with Crippen LogP contribution in [-0.2, 0) is 0 Å². The molecule has 1 aromatic heterocycles. The van der Waals surface area contributed by atoms with E-state index in [2.05, 4.69) is 4.98 Å². The van der Waals surface area contributed by atoms with Crippen molar-refractivity contribution < 1.29 is 4.39 Å². The largest absolute Gasteiger partial charge is 0.324 e.